The molecule has 110 valence electrons. The molecule has 0 aliphatic heterocycles. The van der Waals surface area contributed by atoms with Crippen molar-refractivity contribution in [2.45, 2.75) is 33.1 Å². The fourth-order valence-electron chi connectivity index (χ4n) is 1.82. The predicted molar refractivity (Wildman–Crippen MR) is 83.4 cm³/mol. The molecule has 2 N–H and O–H groups in total. The summed E-state index contributed by atoms with van der Waals surface area (Å²) in [7, 11) is 0. The van der Waals surface area contributed by atoms with Gasteiger partial charge in [0.05, 0.1) is 0 Å². The summed E-state index contributed by atoms with van der Waals surface area (Å²) in [4.78, 5) is 11.6. The molecule has 0 fully saturated rings. The van der Waals surface area contributed by atoms with Crippen LogP contribution in [0.2, 0.25) is 0 Å². The molecule has 3 nitrogen and oxygen atoms in total. The summed E-state index contributed by atoms with van der Waals surface area (Å²) in [5.41, 5.74) is 2.32. The molecule has 0 radical (unpaired) electrons. The largest absolute Gasteiger partial charge is 0.396 e. The molecule has 0 aliphatic carbocycles. The zero-order valence-corrected chi connectivity index (χ0v) is 12.6. The SMILES string of the molecule is CC(CCO)CNC(=O)C=Cc1ccc(C(C)C)cc1. The molecule has 1 aromatic carbocycles. The second kappa shape index (κ2) is 8.54. The van der Waals surface area contributed by atoms with Gasteiger partial charge in [0.1, 0.15) is 0 Å². The number of carbonyl (C=O) groups excluding carboxylic acids is 1. The van der Waals surface area contributed by atoms with Gasteiger partial charge in [0, 0.05) is 19.2 Å². The molecule has 1 aromatic rings. The number of hydrogen-bond acceptors (Lipinski definition) is 2. The lowest BCUT2D eigenvalue weighted by atomic mass is 10.0. The van der Waals surface area contributed by atoms with E-state index in [4.69, 9.17) is 5.11 Å². The molecule has 0 spiro atoms. The molecule has 0 aromatic heterocycles. The van der Waals surface area contributed by atoms with Gasteiger partial charge in [0.25, 0.3) is 0 Å². The average Bonchev–Trinajstić information content (AvgIpc) is 2.43. The Morgan fingerprint density at radius 1 is 1.25 bits per heavy atom. The Morgan fingerprint density at radius 2 is 1.90 bits per heavy atom. The van der Waals surface area contributed by atoms with E-state index < -0.39 is 0 Å². The molecule has 1 unspecified atom stereocenters. The normalized spacial score (nSPS) is 12.8. The van der Waals surface area contributed by atoms with E-state index in [1.807, 2.05) is 25.1 Å². The summed E-state index contributed by atoms with van der Waals surface area (Å²) in [5, 5.41) is 11.6. The van der Waals surface area contributed by atoms with Gasteiger partial charge in [-0.2, -0.15) is 0 Å². The Labute approximate surface area is 121 Å². The highest BCUT2D eigenvalue weighted by Crippen LogP contribution is 2.15. The second-order valence-corrected chi connectivity index (χ2v) is 5.52. The van der Waals surface area contributed by atoms with Crippen molar-refractivity contribution < 1.29 is 9.90 Å². The van der Waals surface area contributed by atoms with Gasteiger partial charge >= 0.3 is 0 Å². The fraction of sp³-hybridized carbons (Fsp3) is 0.471. The highest BCUT2D eigenvalue weighted by Gasteiger charge is 2.02. The van der Waals surface area contributed by atoms with Gasteiger partial charge in [-0.3, -0.25) is 4.79 Å². The molecule has 0 aliphatic rings. The van der Waals surface area contributed by atoms with Gasteiger partial charge in [0.15, 0.2) is 0 Å². The molecule has 3 heteroatoms. The number of nitrogens with one attached hydrogen (secondary N) is 1. The number of amides is 1. The minimum Gasteiger partial charge on any atom is -0.396 e. The highest BCUT2D eigenvalue weighted by atomic mass is 16.3. The van der Waals surface area contributed by atoms with Crippen LogP contribution in [-0.2, 0) is 4.79 Å². The first-order chi connectivity index (χ1) is 9.52. The molecule has 20 heavy (non-hydrogen) atoms. The predicted octanol–water partition coefficient (Wildman–Crippen LogP) is 2.96. The maximum Gasteiger partial charge on any atom is 0.244 e. The van der Waals surface area contributed by atoms with E-state index >= 15 is 0 Å². The summed E-state index contributed by atoms with van der Waals surface area (Å²) in [6, 6.07) is 8.22. The lowest BCUT2D eigenvalue weighted by Gasteiger charge is -2.09. The summed E-state index contributed by atoms with van der Waals surface area (Å²) >= 11 is 0. The minimum atomic E-state index is -0.0947. The number of benzene rings is 1. The summed E-state index contributed by atoms with van der Waals surface area (Å²) < 4.78 is 0. The van der Waals surface area contributed by atoms with Gasteiger partial charge in [-0.25, -0.2) is 0 Å². The smallest absolute Gasteiger partial charge is 0.244 e. The topological polar surface area (TPSA) is 49.3 Å². The Morgan fingerprint density at radius 3 is 2.45 bits per heavy atom. The number of aliphatic hydroxyl groups is 1. The third-order valence-corrected chi connectivity index (χ3v) is 3.28. The number of aliphatic hydroxyl groups excluding tert-OH is 1. The van der Waals surface area contributed by atoms with E-state index in [0.717, 1.165) is 5.56 Å². The van der Waals surface area contributed by atoms with Crippen molar-refractivity contribution in [2.24, 2.45) is 5.92 Å². The Bertz CT molecular complexity index is 435. The van der Waals surface area contributed by atoms with Crippen LogP contribution in [0.25, 0.3) is 6.08 Å². The van der Waals surface area contributed by atoms with Crippen LogP contribution in [0.3, 0.4) is 0 Å². The van der Waals surface area contributed by atoms with Gasteiger partial charge < -0.3 is 10.4 Å². The Hall–Kier alpha value is -1.61. The van der Waals surface area contributed by atoms with Crippen LogP contribution in [0.5, 0.6) is 0 Å². The van der Waals surface area contributed by atoms with Crippen LogP contribution in [-0.4, -0.2) is 24.2 Å². The van der Waals surface area contributed by atoms with Crippen molar-refractivity contribution in [2.75, 3.05) is 13.2 Å². The van der Waals surface area contributed by atoms with E-state index in [2.05, 4.69) is 31.3 Å². The van der Waals surface area contributed by atoms with Crippen molar-refractivity contribution >= 4 is 12.0 Å². The number of rotatable bonds is 7. The first kappa shape index (κ1) is 16.4. The zero-order chi connectivity index (χ0) is 15.0. The first-order valence-corrected chi connectivity index (χ1v) is 7.19. The van der Waals surface area contributed by atoms with E-state index in [9.17, 15) is 4.79 Å². The van der Waals surface area contributed by atoms with Crippen LogP contribution in [0.4, 0.5) is 0 Å². The van der Waals surface area contributed by atoms with Gasteiger partial charge in [-0.05, 0) is 35.5 Å². The molecule has 0 saturated heterocycles. The fourth-order valence-corrected chi connectivity index (χ4v) is 1.82. The molecule has 0 bridgehead atoms. The van der Waals surface area contributed by atoms with E-state index in [0.29, 0.717) is 24.8 Å². The molecule has 0 heterocycles. The van der Waals surface area contributed by atoms with Crippen molar-refractivity contribution in [1.82, 2.24) is 5.32 Å². The standard InChI is InChI=1S/C17H25NO2/c1-13(2)16-7-4-15(5-8-16)6-9-17(20)18-12-14(3)10-11-19/h4-9,13-14,19H,10-12H2,1-3H3,(H,18,20). The average molecular weight is 275 g/mol. The van der Waals surface area contributed by atoms with Crippen molar-refractivity contribution in [1.29, 1.82) is 0 Å². The lowest BCUT2D eigenvalue weighted by Crippen LogP contribution is -2.26. The highest BCUT2D eigenvalue weighted by molar-refractivity contribution is 5.91. The van der Waals surface area contributed by atoms with Crippen molar-refractivity contribution in [3.63, 3.8) is 0 Å². The van der Waals surface area contributed by atoms with E-state index in [-0.39, 0.29) is 12.5 Å². The molecule has 1 amide bonds. The molecular formula is C17H25NO2. The second-order valence-electron chi connectivity index (χ2n) is 5.52. The zero-order valence-electron chi connectivity index (χ0n) is 12.6. The summed E-state index contributed by atoms with van der Waals surface area (Å²) in [6.07, 6.45) is 4.08. The van der Waals surface area contributed by atoms with E-state index in [1.54, 1.807) is 6.08 Å². The van der Waals surface area contributed by atoms with Gasteiger partial charge in [-0.15, -0.1) is 0 Å². The molecule has 1 atom stereocenters. The van der Waals surface area contributed by atoms with Crippen LogP contribution >= 0.6 is 0 Å². The number of carbonyl (C=O) groups is 1. The van der Waals surface area contributed by atoms with Crippen LogP contribution in [0.15, 0.2) is 30.3 Å². The quantitative estimate of drug-likeness (QED) is 0.752. The molecular weight excluding hydrogens is 250 g/mol. The first-order valence-electron chi connectivity index (χ1n) is 7.19. The maximum atomic E-state index is 11.6. The van der Waals surface area contributed by atoms with Crippen LogP contribution in [0, 0.1) is 5.92 Å². The number of hydrogen-bond donors (Lipinski definition) is 2. The third kappa shape index (κ3) is 6.02. The molecule has 1 rings (SSSR count). The van der Waals surface area contributed by atoms with Crippen LogP contribution < -0.4 is 5.32 Å². The van der Waals surface area contributed by atoms with Crippen molar-refractivity contribution in [3.8, 4) is 0 Å². The van der Waals surface area contributed by atoms with Crippen molar-refractivity contribution in [3.05, 3.63) is 41.5 Å². The van der Waals surface area contributed by atoms with E-state index in [1.165, 1.54) is 5.56 Å². The minimum absolute atomic E-state index is 0.0947. The van der Waals surface area contributed by atoms with Crippen LogP contribution in [0.1, 0.15) is 44.2 Å². The third-order valence-electron chi connectivity index (χ3n) is 3.28. The van der Waals surface area contributed by atoms with Gasteiger partial charge in [-0.1, -0.05) is 45.0 Å². The van der Waals surface area contributed by atoms with Gasteiger partial charge in [0.2, 0.25) is 5.91 Å². The summed E-state index contributed by atoms with van der Waals surface area (Å²) in [6.45, 7) is 7.08. The molecule has 0 saturated carbocycles. The summed E-state index contributed by atoms with van der Waals surface area (Å²) in [5.74, 6) is 0.717. The Balaban J connectivity index is 2.44. The lowest BCUT2D eigenvalue weighted by molar-refractivity contribution is -0.116. The maximum absolute atomic E-state index is 11.6. The Kier molecular flexibility index (Phi) is 7.02. The monoisotopic (exact) mass is 275 g/mol.